The Kier molecular flexibility index (Phi) is 3.67. The van der Waals surface area contributed by atoms with Gasteiger partial charge >= 0.3 is 11.9 Å². The molecule has 0 spiro atoms. The maximum atomic E-state index is 13.3. The first kappa shape index (κ1) is 12.0. The average Bonchev–Trinajstić information content (AvgIpc) is 2.18. The summed E-state index contributed by atoms with van der Waals surface area (Å²) in [4.78, 5) is 17.9. The van der Waals surface area contributed by atoms with Crippen molar-refractivity contribution in [3.8, 4) is 0 Å². The van der Waals surface area contributed by atoms with Crippen molar-refractivity contribution >= 4 is 21.9 Å². The van der Waals surface area contributed by atoms with Crippen LogP contribution in [0.1, 0.15) is 12.5 Å². The number of aromatic nitrogens is 2. The Labute approximate surface area is 92.8 Å². The van der Waals surface area contributed by atoms with Crippen molar-refractivity contribution < 1.29 is 18.3 Å². The lowest BCUT2D eigenvalue weighted by atomic mass is 10.2. The first-order chi connectivity index (χ1) is 6.98. The smallest absolute Gasteiger partial charge is 0.382 e. The largest absolute Gasteiger partial charge is 0.461 e. The maximum Gasteiger partial charge on any atom is 0.382 e. The van der Waals surface area contributed by atoms with Crippen LogP contribution in [0.5, 0.6) is 0 Å². The molecule has 1 aromatic rings. The molecular weight excluding hydrogens is 274 g/mol. The van der Waals surface area contributed by atoms with Gasteiger partial charge < -0.3 is 4.74 Å². The lowest BCUT2D eigenvalue weighted by Crippen LogP contribution is -2.28. The summed E-state index contributed by atoms with van der Waals surface area (Å²) in [6.45, 7) is 1.35. The van der Waals surface area contributed by atoms with Crippen LogP contribution in [0.15, 0.2) is 17.1 Å². The van der Waals surface area contributed by atoms with E-state index in [1.54, 1.807) is 0 Å². The Balaban J connectivity index is 2.94. The monoisotopic (exact) mass is 280 g/mol. The molecule has 1 heterocycles. The molecule has 0 saturated carbocycles. The molecular formula is C8H7BrF2N2O2. The van der Waals surface area contributed by atoms with E-state index in [0.717, 1.165) is 12.4 Å². The van der Waals surface area contributed by atoms with E-state index in [4.69, 9.17) is 0 Å². The number of carbonyl (C=O) groups is 1. The fourth-order valence-electron chi connectivity index (χ4n) is 0.814. The fourth-order valence-corrected chi connectivity index (χ4v) is 1.02. The lowest BCUT2D eigenvalue weighted by Gasteiger charge is -2.13. The number of halogens is 3. The van der Waals surface area contributed by atoms with Crippen LogP contribution in [-0.2, 0) is 15.5 Å². The number of hydrogen-bond acceptors (Lipinski definition) is 4. The molecule has 0 aliphatic rings. The normalized spacial score (nSPS) is 11.2. The third-order valence-electron chi connectivity index (χ3n) is 1.51. The van der Waals surface area contributed by atoms with E-state index in [0.29, 0.717) is 0 Å². The lowest BCUT2D eigenvalue weighted by molar-refractivity contribution is -0.173. The predicted octanol–water partition coefficient (Wildman–Crippen LogP) is 1.89. The van der Waals surface area contributed by atoms with E-state index in [-0.39, 0.29) is 11.3 Å². The second-order valence-corrected chi connectivity index (χ2v) is 3.24. The van der Waals surface area contributed by atoms with Crippen molar-refractivity contribution in [3.05, 3.63) is 22.7 Å². The first-order valence-electron chi connectivity index (χ1n) is 4.01. The van der Waals surface area contributed by atoms with Crippen LogP contribution in [0.2, 0.25) is 0 Å². The molecule has 4 nitrogen and oxygen atoms in total. The Hall–Kier alpha value is -1.11. The van der Waals surface area contributed by atoms with Gasteiger partial charge in [0.2, 0.25) is 0 Å². The maximum absolute atomic E-state index is 13.3. The topological polar surface area (TPSA) is 52.1 Å². The highest BCUT2D eigenvalue weighted by molar-refractivity contribution is 9.10. The van der Waals surface area contributed by atoms with Crippen molar-refractivity contribution in [3.63, 3.8) is 0 Å². The summed E-state index contributed by atoms with van der Waals surface area (Å²) in [5.41, 5.74) is -0.593. The van der Waals surface area contributed by atoms with Gasteiger partial charge in [-0.2, -0.15) is 8.78 Å². The summed E-state index contributed by atoms with van der Waals surface area (Å²) in [7, 11) is 0. The van der Waals surface area contributed by atoms with Gasteiger partial charge in [-0.1, -0.05) is 0 Å². The molecule has 0 N–H and O–H groups in total. The quantitative estimate of drug-likeness (QED) is 0.627. The molecule has 15 heavy (non-hydrogen) atoms. The highest BCUT2D eigenvalue weighted by Crippen LogP contribution is 2.28. The minimum atomic E-state index is -3.71. The van der Waals surface area contributed by atoms with Crippen LogP contribution in [0.4, 0.5) is 8.78 Å². The van der Waals surface area contributed by atoms with Gasteiger partial charge in [0, 0.05) is 12.4 Å². The Morgan fingerprint density at radius 1 is 1.53 bits per heavy atom. The van der Waals surface area contributed by atoms with Gasteiger partial charge in [0.25, 0.3) is 0 Å². The van der Waals surface area contributed by atoms with Crippen molar-refractivity contribution in [1.82, 2.24) is 9.97 Å². The number of nitrogens with zero attached hydrogens (tertiary/aromatic N) is 2. The summed E-state index contributed by atoms with van der Waals surface area (Å²) in [6, 6.07) is 0. The standard InChI is InChI=1S/C8H7BrF2N2O2/c1-2-15-6(14)8(10,11)5-3-12-7(9)13-4-5/h3-4H,2H2,1H3. The van der Waals surface area contributed by atoms with Crippen LogP contribution in [-0.4, -0.2) is 22.5 Å². The number of esters is 1. The zero-order valence-electron chi connectivity index (χ0n) is 7.71. The van der Waals surface area contributed by atoms with Gasteiger partial charge in [0.1, 0.15) is 0 Å². The van der Waals surface area contributed by atoms with Gasteiger partial charge in [0.15, 0.2) is 4.73 Å². The molecule has 1 aromatic heterocycles. The van der Waals surface area contributed by atoms with Gasteiger partial charge in [-0.3, -0.25) is 0 Å². The molecule has 0 fully saturated rings. The van der Waals surface area contributed by atoms with Crippen LogP contribution in [0.25, 0.3) is 0 Å². The van der Waals surface area contributed by atoms with E-state index in [1.165, 1.54) is 6.92 Å². The molecule has 0 bridgehead atoms. The summed E-state index contributed by atoms with van der Waals surface area (Å²) in [6.07, 6.45) is 1.74. The molecule has 0 radical (unpaired) electrons. The summed E-state index contributed by atoms with van der Waals surface area (Å²) >= 11 is 2.90. The summed E-state index contributed by atoms with van der Waals surface area (Å²) in [5.74, 6) is -5.31. The highest BCUT2D eigenvalue weighted by atomic mass is 79.9. The molecule has 7 heteroatoms. The predicted molar refractivity (Wildman–Crippen MR) is 50.3 cm³/mol. The molecule has 0 unspecified atom stereocenters. The van der Waals surface area contributed by atoms with E-state index in [9.17, 15) is 13.6 Å². The Morgan fingerprint density at radius 3 is 2.53 bits per heavy atom. The Bertz CT molecular complexity index is 356. The zero-order valence-corrected chi connectivity index (χ0v) is 9.29. The minimum absolute atomic E-state index is 0.105. The van der Waals surface area contributed by atoms with Gasteiger partial charge in [-0.25, -0.2) is 14.8 Å². The molecule has 0 saturated heterocycles. The second-order valence-electron chi connectivity index (χ2n) is 2.54. The Morgan fingerprint density at radius 2 is 2.07 bits per heavy atom. The number of carbonyl (C=O) groups excluding carboxylic acids is 1. The zero-order chi connectivity index (χ0) is 11.5. The summed E-state index contributed by atoms with van der Waals surface area (Å²) < 4.78 is 31.0. The van der Waals surface area contributed by atoms with E-state index >= 15 is 0 Å². The molecule has 0 amide bonds. The second kappa shape index (κ2) is 4.61. The third kappa shape index (κ3) is 2.68. The fraction of sp³-hybridized carbons (Fsp3) is 0.375. The van der Waals surface area contributed by atoms with Gasteiger partial charge in [0.05, 0.1) is 12.2 Å². The molecule has 0 aliphatic heterocycles. The van der Waals surface area contributed by atoms with E-state index in [1.807, 2.05) is 0 Å². The van der Waals surface area contributed by atoms with Crippen molar-refractivity contribution in [1.29, 1.82) is 0 Å². The minimum Gasteiger partial charge on any atom is -0.461 e. The van der Waals surface area contributed by atoms with Crippen LogP contribution >= 0.6 is 15.9 Å². The van der Waals surface area contributed by atoms with Gasteiger partial charge in [-0.05, 0) is 22.9 Å². The number of hydrogen-bond donors (Lipinski definition) is 0. The third-order valence-corrected chi connectivity index (χ3v) is 1.92. The molecule has 1 rings (SSSR count). The molecule has 0 aromatic carbocycles. The van der Waals surface area contributed by atoms with E-state index in [2.05, 4.69) is 30.6 Å². The molecule has 0 atom stereocenters. The van der Waals surface area contributed by atoms with E-state index < -0.39 is 17.5 Å². The molecule has 0 aliphatic carbocycles. The summed E-state index contributed by atoms with van der Waals surface area (Å²) in [5, 5.41) is 0. The number of alkyl halides is 2. The highest BCUT2D eigenvalue weighted by Gasteiger charge is 2.43. The van der Waals surface area contributed by atoms with Crippen molar-refractivity contribution in [2.24, 2.45) is 0 Å². The van der Waals surface area contributed by atoms with Crippen LogP contribution in [0.3, 0.4) is 0 Å². The van der Waals surface area contributed by atoms with Crippen molar-refractivity contribution in [2.75, 3.05) is 6.61 Å². The van der Waals surface area contributed by atoms with Crippen LogP contribution < -0.4 is 0 Å². The van der Waals surface area contributed by atoms with Crippen molar-refractivity contribution in [2.45, 2.75) is 12.8 Å². The average molecular weight is 281 g/mol. The van der Waals surface area contributed by atoms with Gasteiger partial charge in [-0.15, -0.1) is 0 Å². The number of ether oxygens (including phenoxy) is 1. The van der Waals surface area contributed by atoms with Crippen LogP contribution in [0, 0.1) is 0 Å². The first-order valence-corrected chi connectivity index (χ1v) is 4.80. The molecule has 82 valence electrons. The SMILES string of the molecule is CCOC(=O)C(F)(F)c1cnc(Br)nc1. The number of rotatable bonds is 3.